The van der Waals surface area contributed by atoms with Crippen molar-refractivity contribution in [2.24, 2.45) is 5.92 Å². The molecule has 0 aromatic carbocycles. The van der Waals surface area contributed by atoms with Crippen LogP contribution in [0.3, 0.4) is 0 Å². The highest BCUT2D eigenvalue weighted by Gasteiger charge is 2.19. The van der Waals surface area contributed by atoms with Gasteiger partial charge < -0.3 is 5.32 Å². The Hall–Kier alpha value is -0.0200. The van der Waals surface area contributed by atoms with E-state index >= 15 is 0 Å². The Bertz CT molecular complexity index is 145. The van der Waals surface area contributed by atoms with Crippen molar-refractivity contribution in [3.05, 3.63) is 0 Å². The lowest BCUT2D eigenvalue weighted by Gasteiger charge is -2.19. The number of rotatable bonds is 5. The standard InChI is InChI=1S/C9H19NOS/c1-6(2)9(11)8(5-12)10-7(3)4/h6-8,10,12H,5H2,1-4H3/t8-/m0/s1. The average Bonchev–Trinajstić information content (AvgIpc) is 1.98. The Labute approximate surface area is 80.5 Å². The van der Waals surface area contributed by atoms with Crippen molar-refractivity contribution in [1.82, 2.24) is 5.32 Å². The molecule has 0 aromatic rings. The Balaban J connectivity index is 4.06. The maximum absolute atomic E-state index is 11.5. The average molecular weight is 189 g/mol. The first-order valence-corrected chi connectivity index (χ1v) is 5.03. The highest BCUT2D eigenvalue weighted by molar-refractivity contribution is 7.80. The zero-order chi connectivity index (χ0) is 9.72. The van der Waals surface area contributed by atoms with E-state index in [1.165, 1.54) is 0 Å². The molecule has 0 spiro atoms. The first-order chi connectivity index (χ1) is 5.49. The molecule has 1 N–H and O–H groups in total. The van der Waals surface area contributed by atoms with Crippen LogP contribution in [-0.2, 0) is 4.79 Å². The van der Waals surface area contributed by atoms with Gasteiger partial charge in [0.25, 0.3) is 0 Å². The molecule has 0 radical (unpaired) electrons. The SMILES string of the molecule is CC(C)N[C@@H](CS)C(=O)C(C)C. The molecule has 0 saturated carbocycles. The van der Waals surface area contributed by atoms with Crippen molar-refractivity contribution in [2.75, 3.05) is 5.75 Å². The molecular formula is C9H19NOS. The first-order valence-electron chi connectivity index (χ1n) is 4.39. The van der Waals surface area contributed by atoms with Crippen molar-refractivity contribution < 1.29 is 4.79 Å². The highest BCUT2D eigenvalue weighted by Crippen LogP contribution is 2.02. The van der Waals surface area contributed by atoms with Crippen molar-refractivity contribution in [2.45, 2.75) is 39.8 Å². The van der Waals surface area contributed by atoms with Gasteiger partial charge in [-0.1, -0.05) is 27.7 Å². The van der Waals surface area contributed by atoms with Crippen LogP contribution in [0.1, 0.15) is 27.7 Å². The molecule has 0 aliphatic heterocycles. The second-order valence-electron chi connectivity index (χ2n) is 3.61. The van der Waals surface area contributed by atoms with Gasteiger partial charge in [-0.05, 0) is 0 Å². The molecule has 0 fully saturated rings. The van der Waals surface area contributed by atoms with E-state index < -0.39 is 0 Å². The zero-order valence-corrected chi connectivity index (χ0v) is 9.19. The third kappa shape index (κ3) is 4.12. The summed E-state index contributed by atoms with van der Waals surface area (Å²) in [5, 5.41) is 3.18. The lowest BCUT2D eigenvalue weighted by atomic mass is 10.0. The number of Topliss-reactive ketones (excluding diaryl/α,β-unsaturated/α-hetero) is 1. The lowest BCUT2D eigenvalue weighted by Crippen LogP contribution is -2.44. The molecule has 0 saturated heterocycles. The van der Waals surface area contributed by atoms with Crippen LogP contribution in [-0.4, -0.2) is 23.6 Å². The summed E-state index contributed by atoms with van der Waals surface area (Å²) in [6.45, 7) is 7.90. The van der Waals surface area contributed by atoms with E-state index in [1.54, 1.807) is 0 Å². The number of carbonyl (C=O) groups is 1. The molecule has 0 heterocycles. The Morgan fingerprint density at radius 2 is 1.83 bits per heavy atom. The van der Waals surface area contributed by atoms with E-state index in [1.807, 2.05) is 27.7 Å². The second-order valence-corrected chi connectivity index (χ2v) is 3.98. The van der Waals surface area contributed by atoms with Crippen LogP contribution in [0, 0.1) is 5.92 Å². The fraction of sp³-hybridized carbons (Fsp3) is 0.889. The molecule has 0 amide bonds. The smallest absolute Gasteiger partial charge is 0.153 e. The molecule has 0 bridgehead atoms. The van der Waals surface area contributed by atoms with Crippen molar-refractivity contribution in [1.29, 1.82) is 0 Å². The summed E-state index contributed by atoms with van der Waals surface area (Å²) in [5.74, 6) is 0.918. The van der Waals surface area contributed by atoms with Crippen molar-refractivity contribution in [3.63, 3.8) is 0 Å². The molecule has 0 aliphatic rings. The van der Waals surface area contributed by atoms with Crippen LogP contribution in [0.2, 0.25) is 0 Å². The summed E-state index contributed by atoms with van der Waals surface area (Å²) in [5.41, 5.74) is 0. The summed E-state index contributed by atoms with van der Waals surface area (Å²) in [4.78, 5) is 11.5. The van der Waals surface area contributed by atoms with Gasteiger partial charge in [0, 0.05) is 17.7 Å². The molecule has 0 aliphatic carbocycles. The molecule has 3 heteroatoms. The Morgan fingerprint density at radius 3 is 2.08 bits per heavy atom. The number of nitrogens with one attached hydrogen (secondary N) is 1. The van der Waals surface area contributed by atoms with Crippen LogP contribution in [0.25, 0.3) is 0 Å². The minimum absolute atomic E-state index is 0.0895. The maximum Gasteiger partial charge on any atom is 0.153 e. The summed E-state index contributed by atoms with van der Waals surface area (Å²) >= 11 is 4.14. The van der Waals surface area contributed by atoms with Crippen LogP contribution < -0.4 is 5.32 Å². The van der Waals surface area contributed by atoms with E-state index in [4.69, 9.17) is 0 Å². The van der Waals surface area contributed by atoms with E-state index in [-0.39, 0.29) is 17.7 Å². The minimum atomic E-state index is -0.0895. The third-order valence-corrected chi connectivity index (χ3v) is 1.99. The van der Waals surface area contributed by atoms with Gasteiger partial charge in [-0.3, -0.25) is 4.79 Å². The van der Waals surface area contributed by atoms with Crippen LogP contribution in [0.4, 0.5) is 0 Å². The summed E-state index contributed by atoms with van der Waals surface area (Å²) in [6, 6.07) is 0.248. The van der Waals surface area contributed by atoms with Crippen LogP contribution in [0.15, 0.2) is 0 Å². The number of thiol groups is 1. The van der Waals surface area contributed by atoms with Gasteiger partial charge in [0.05, 0.1) is 6.04 Å². The van der Waals surface area contributed by atoms with Crippen LogP contribution in [0.5, 0.6) is 0 Å². The highest BCUT2D eigenvalue weighted by atomic mass is 32.1. The predicted molar refractivity (Wildman–Crippen MR) is 55.8 cm³/mol. The molecule has 1 atom stereocenters. The van der Waals surface area contributed by atoms with Gasteiger partial charge in [0.1, 0.15) is 0 Å². The van der Waals surface area contributed by atoms with Crippen LogP contribution >= 0.6 is 12.6 Å². The second kappa shape index (κ2) is 5.60. The largest absolute Gasteiger partial charge is 0.305 e. The Kier molecular flexibility index (Phi) is 5.59. The number of carbonyl (C=O) groups excluding carboxylic acids is 1. The number of hydrogen-bond donors (Lipinski definition) is 2. The molecule has 0 unspecified atom stereocenters. The molecule has 0 aromatic heterocycles. The third-order valence-electron chi connectivity index (χ3n) is 1.63. The topological polar surface area (TPSA) is 29.1 Å². The summed E-state index contributed by atoms with van der Waals surface area (Å²) in [7, 11) is 0. The quantitative estimate of drug-likeness (QED) is 0.642. The monoisotopic (exact) mass is 189 g/mol. The molecule has 72 valence electrons. The Morgan fingerprint density at radius 1 is 1.33 bits per heavy atom. The maximum atomic E-state index is 11.5. The normalized spacial score (nSPS) is 13.9. The van der Waals surface area contributed by atoms with E-state index in [0.29, 0.717) is 11.8 Å². The molecular weight excluding hydrogens is 170 g/mol. The predicted octanol–water partition coefficient (Wildman–Crippen LogP) is 1.51. The van der Waals surface area contributed by atoms with Crippen molar-refractivity contribution in [3.8, 4) is 0 Å². The van der Waals surface area contributed by atoms with E-state index in [2.05, 4.69) is 17.9 Å². The van der Waals surface area contributed by atoms with Gasteiger partial charge in [-0.15, -0.1) is 0 Å². The minimum Gasteiger partial charge on any atom is -0.305 e. The van der Waals surface area contributed by atoms with Gasteiger partial charge in [-0.2, -0.15) is 12.6 Å². The van der Waals surface area contributed by atoms with Gasteiger partial charge in [-0.25, -0.2) is 0 Å². The molecule has 2 nitrogen and oxygen atoms in total. The summed E-state index contributed by atoms with van der Waals surface area (Å²) in [6.07, 6.45) is 0. The van der Waals surface area contributed by atoms with Gasteiger partial charge >= 0.3 is 0 Å². The molecule has 0 rings (SSSR count). The zero-order valence-electron chi connectivity index (χ0n) is 8.29. The van der Waals surface area contributed by atoms with Gasteiger partial charge in [0.2, 0.25) is 0 Å². The summed E-state index contributed by atoms with van der Waals surface area (Å²) < 4.78 is 0. The molecule has 12 heavy (non-hydrogen) atoms. The van der Waals surface area contributed by atoms with E-state index in [0.717, 1.165) is 0 Å². The fourth-order valence-electron chi connectivity index (χ4n) is 1.03. The fourth-order valence-corrected chi connectivity index (χ4v) is 1.31. The van der Waals surface area contributed by atoms with Crippen molar-refractivity contribution >= 4 is 18.4 Å². The number of ketones is 1. The van der Waals surface area contributed by atoms with E-state index in [9.17, 15) is 4.79 Å². The lowest BCUT2D eigenvalue weighted by molar-refractivity contribution is -0.123. The van der Waals surface area contributed by atoms with Gasteiger partial charge in [0.15, 0.2) is 5.78 Å². The first kappa shape index (κ1) is 12.0. The number of hydrogen-bond acceptors (Lipinski definition) is 3.